The molecule has 4 nitrogen and oxygen atoms in total. The fourth-order valence-electron chi connectivity index (χ4n) is 2.40. The lowest BCUT2D eigenvalue weighted by Gasteiger charge is -2.24. The molecular weight excluding hydrogens is 246 g/mol. The quantitative estimate of drug-likeness (QED) is 0.888. The lowest BCUT2D eigenvalue weighted by atomic mass is 9.84. The minimum atomic E-state index is -0.0735. The van der Waals surface area contributed by atoms with Crippen molar-refractivity contribution in [3.05, 3.63) is 11.7 Å². The molecule has 0 spiro atoms. The van der Waals surface area contributed by atoms with E-state index in [4.69, 9.17) is 10.3 Å². The molecule has 102 valence electrons. The second-order valence-corrected chi connectivity index (χ2v) is 6.90. The first-order valence-electron chi connectivity index (χ1n) is 6.86. The van der Waals surface area contributed by atoms with Crippen molar-refractivity contribution in [3.8, 4) is 0 Å². The number of hydrogen-bond acceptors (Lipinski definition) is 5. The summed E-state index contributed by atoms with van der Waals surface area (Å²) in [7, 11) is 0. The molecule has 2 rings (SSSR count). The van der Waals surface area contributed by atoms with E-state index in [-0.39, 0.29) is 6.04 Å². The zero-order valence-corrected chi connectivity index (χ0v) is 12.1. The highest BCUT2D eigenvalue weighted by Crippen LogP contribution is 2.32. The minimum Gasteiger partial charge on any atom is -0.338 e. The summed E-state index contributed by atoms with van der Waals surface area (Å²) >= 11 is 1.82. The number of nitrogens with two attached hydrogens (primary N) is 1. The molecule has 0 bridgehead atoms. The van der Waals surface area contributed by atoms with E-state index in [2.05, 4.69) is 24.0 Å². The first-order valence-corrected chi connectivity index (χ1v) is 7.91. The summed E-state index contributed by atoms with van der Waals surface area (Å²) < 4.78 is 5.31. The largest absolute Gasteiger partial charge is 0.338 e. The monoisotopic (exact) mass is 269 g/mol. The highest BCUT2D eigenvalue weighted by molar-refractivity contribution is 7.99. The standard InChI is InChI=1S/C13H23N3OS/c1-9(2)18-8-11-15-13(17-16-11)12(14)10-6-4-3-5-7-10/h9-10,12H,3-8,14H2,1-2H3. The molecule has 1 unspecified atom stereocenters. The van der Waals surface area contributed by atoms with E-state index >= 15 is 0 Å². The van der Waals surface area contributed by atoms with Crippen LogP contribution in [-0.4, -0.2) is 15.4 Å². The van der Waals surface area contributed by atoms with Crippen molar-refractivity contribution < 1.29 is 4.52 Å². The highest BCUT2D eigenvalue weighted by atomic mass is 32.2. The smallest absolute Gasteiger partial charge is 0.243 e. The lowest BCUT2D eigenvalue weighted by Crippen LogP contribution is -2.23. The summed E-state index contributed by atoms with van der Waals surface area (Å²) in [5.74, 6) is 2.72. The number of hydrogen-bond donors (Lipinski definition) is 1. The first kappa shape index (κ1) is 13.9. The van der Waals surface area contributed by atoms with Crippen molar-refractivity contribution in [2.45, 2.75) is 63.0 Å². The first-order chi connectivity index (χ1) is 8.66. The number of thioether (sulfide) groups is 1. The molecule has 0 saturated heterocycles. The zero-order chi connectivity index (χ0) is 13.0. The van der Waals surface area contributed by atoms with Crippen molar-refractivity contribution in [1.29, 1.82) is 0 Å². The van der Waals surface area contributed by atoms with Gasteiger partial charge in [-0.2, -0.15) is 16.7 Å². The Morgan fingerprint density at radius 2 is 2.06 bits per heavy atom. The van der Waals surface area contributed by atoms with Crippen LogP contribution < -0.4 is 5.73 Å². The van der Waals surface area contributed by atoms with Crippen molar-refractivity contribution in [3.63, 3.8) is 0 Å². The fraction of sp³-hybridized carbons (Fsp3) is 0.846. The van der Waals surface area contributed by atoms with Crippen LogP contribution >= 0.6 is 11.8 Å². The topological polar surface area (TPSA) is 64.9 Å². The summed E-state index contributed by atoms with van der Waals surface area (Å²) in [6.45, 7) is 4.33. The average molecular weight is 269 g/mol. The van der Waals surface area contributed by atoms with Crippen LogP contribution in [-0.2, 0) is 5.75 Å². The van der Waals surface area contributed by atoms with Gasteiger partial charge in [0.15, 0.2) is 5.82 Å². The number of aromatic nitrogens is 2. The molecule has 18 heavy (non-hydrogen) atoms. The third-order valence-corrected chi connectivity index (χ3v) is 4.56. The number of nitrogens with zero attached hydrogens (tertiary/aromatic N) is 2. The maximum absolute atomic E-state index is 6.24. The van der Waals surface area contributed by atoms with Gasteiger partial charge in [-0.25, -0.2) is 0 Å². The van der Waals surface area contributed by atoms with Crippen LogP contribution in [0.5, 0.6) is 0 Å². The number of rotatable bonds is 5. The molecule has 1 aromatic heterocycles. The molecule has 1 fully saturated rings. The maximum atomic E-state index is 6.24. The Hall–Kier alpha value is -0.550. The molecule has 0 radical (unpaired) electrons. The van der Waals surface area contributed by atoms with E-state index in [1.54, 1.807) is 0 Å². The predicted molar refractivity (Wildman–Crippen MR) is 74.2 cm³/mol. The van der Waals surface area contributed by atoms with E-state index in [9.17, 15) is 0 Å². The van der Waals surface area contributed by atoms with Crippen LogP contribution in [0.3, 0.4) is 0 Å². The van der Waals surface area contributed by atoms with Gasteiger partial charge in [-0.15, -0.1) is 0 Å². The third-order valence-electron chi connectivity index (χ3n) is 3.47. The summed E-state index contributed by atoms with van der Waals surface area (Å²) in [6, 6.07) is -0.0735. The fourth-order valence-corrected chi connectivity index (χ4v) is 3.00. The van der Waals surface area contributed by atoms with E-state index in [1.807, 2.05) is 11.8 Å². The molecular formula is C13H23N3OS. The van der Waals surface area contributed by atoms with Gasteiger partial charge in [0.25, 0.3) is 0 Å². The van der Waals surface area contributed by atoms with Gasteiger partial charge < -0.3 is 10.3 Å². The Kier molecular flexibility index (Phi) is 5.06. The zero-order valence-electron chi connectivity index (χ0n) is 11.3. The van der Waals surface area contributed by atoms with Gasteiger partial charge in [-0.3, -0.25) is 0 Å². The van der Waals surface area contributed by atoms with Gasteiger partial charge in [0.1, 0.15) is 0 Å². The van der Waals surface area contributed by atoms with Crippen LogP contribution in [0.1, 0.15) is 63.7 Å². The molecule has 1 aliphatic carbocycles. The Morgan fingerprint density at radius 1 is 1.33 bits per heavy atom. The molecule has 0 aliphatic heterocycles. The van der Waals surface area contributed by atoms with Crippen LogP contribution in [0.15, 0.2) is 4.52 Å². The molecule has 1 aromatic rings. The average Bonchev–Trinajstić information content (AvgIpc) is 2.85. The van der Waals surface area contributed by atoms with Gasteiger partial charge in [0, 0.05) is 0 Å². The second-order valence-electron chi connectivity index (χ2n) is 5.33. The van der Waals surface area contributed by atoms with Gasteiger partial charge >= 0.3 is 0 Å². The van der Waals surface area contributed by atoms with Crippen LogP contribution in [0.2, 0.25) is 0 Å². The molecule has 0 aromatic carbocycles. The molecule has 1 atom stereocenters. The summed E-state index contributed by atoms with van der Waals surface area (Å²) in [4.78, 5) is 4.43. The summed E-state index contributed by atoms with van der Waals surface area (Å²) in [5, 5.41) is 4.60. The van der Waals surface area contributed by atoms with Crippen LogP contribution in [0.25, 0.3) is 0 Å². The molecule has 1 saturated carbocycles. The molecule has 0 amide bonds. The summed E-state index contributed by atoms with van der Waals surface area (Å²) in [5.41, 5.74) is 6.24. The second kappa shape index (κ2) is 6.57. The van der Waals surface area contributed by atoms with Gasteiger partial charge in [-0.05, 0) is 24.0 Å². The van der Waals surface area contributed by atoms with Crippen molar-refractivity contribution in [1.82, 2.24) is 10.1 Å². The lowest BCUT2D eigenvalue weighted by molar-refractivity contribution is 0.255. The van der Waals surface area contributed by atoms with Crippen molar-refractivity contribution in [2.75, 3.05) is 0 Å². The SMILES string of the molecule is CC(C)SCc1noc(C(N)C2CCCCC2)n1. The van der Waals surface area contributed by atoms with E-state index in [0.717, 1.165) is 11.6 Å². The van der Waals surface area contributed by atoms with Gasteiger partial charge in [-0.1, -0.05) is 38.3 Å². The Balaban J connectivity index is 1.91. The molecule has 1 aliphatic rings. The van der Waals surface area contributed by atoms with Crippen LogP contribution in [0.4, 0.5) is 0 Å². The minimum absolute atomic E-state index is 0.0735. The van der Waals surface area contributed by atoms with Crippen molar-refractivity contribution in [2.24, 2.45) is 11.7 Å². The van der Waals surface area contributed by atoms with Gasteiger partial charge in [0.05, 0.1) is 11.8 Å². The molecule has 1 heterocycles. The van der Waals surface area contributed by atoms with E-state index in [1.165, 1.54) is 32.1 Å². The van der Waals surface area contributed by atoms with E-state index < -0.39 is 0 Å². The maximum Gasteiger partial charge on any atom is 0.243 e. The summed E-state index contributed by atoms with van der Waals surface area (Å²) in [6.07, 6.45) is 6.29. The van der Waals surface area contributed by atoms with Gasteiger partial charge in [0.2, 0.25) is 5.89 Å². The molecule has 5 heteroatoms. The molecule has 2 N–H and O–H groups in total. The van der Waals surface area contributed by atoms with Crippen molar-refractivity contribution >= 4 is 11.8 Å². The van der Waals surface area contributed by atoms with E-state index in [0.29, 0.717) is 17.1 Å². The Labute approximate surface area is 113 Å². The third kappa shape index (κ3) is 3.72. The Morgan fingerprint density at radius 3 is 2.72 bits per heavy atom. The predicted octanol–water partition coefficient (Wildman–Crippen LogP) is 3.29. The normalized spacial score (nSPS) is 19.3. The van der Waals surface area contributed by atoms with Crippen LogP contribution in [0, 0.1) is 5.92 Å². The highest BCUT2D eigenvalue weighted by Gasteiger charge is 2.26. The Bertz CT molecular complexity index is 361.